The fraction of sp³-hybridized carbons (Fsp3) is 0.769. The number of hydrogen-bond donors (Lipinski definition) is 1. The molecule has 1 rings (SSSR count). The second-order valence-corrected chi connectivity index (χ2v) is 10.7. The highest BCUT2D eigenvalue weighted by atomic mass is 31.2. The Balaban J connectivity index is 3.06. The van der Waals surface area contributed by atoms with Gasteiger partial charge in [0, 0.05) is 5.16 Å². The van der Waals surface area contributed by atoms with Gasteiger partial charge in [0.05, 0.1) is 0 Å². The minimum Gasteiger partial charge on any atom is -0.323 e. The monoisotopic (exact) mass is 257 g/mol. The third kappa shape index (κ3) is 3.22. The Labute approximate surface area is 105 Å². The van der Waals surface area contributed by atoms with Crippen LogP contribution in [0.4, 0.5) is 0 Å². The summed E-state index contributed by atoms with van der Waals surface area (Å²) in [6, 6.07) is 0. The van der Waals surface area contributed by atoms with Gasteiger partial charge in [-0.2, -0.15) is 0 Å². The molecule has 98 valence electrons. The molecule has 0 saturated carbocycles. The Morgan fingerprint density at radius 3 is 2.18 bits per heavy atom. The lowest BCUT2D eigenvalue weighted by Gasteiger charge is -2.27. The van der Waals surface area contributed by atoms with Crippen molar-refractivity contribution in [3.05, 3.63) is 18.2 Å². The molecule has 0 aliphatic carbocycles. The fourth-order valence-corrected chi connectivity index (χ4v) is 2.93. The Morgan fingerprint density at radius 2 is 1.76 bits per heavy atom. The van der Waals surface area contributed by atoms with Crippen LogP contribution in [0.3, 0.4) is 0 Å². The molecule has 0 amide bonds. The van der Waals surface area contributed by atoms with Crippen molar-refractivity contribution >= 4 is 7.14 Å². The Hall–Kier alpha value is -0.560. The van der Waals surface area contributed by atoms with Gasteiger partial charge in [-0.25, -0.2) is 9.55 Å². The van der Waals surface area contributed by atoms with E-state index in [0.717, 1.165) is 5.82 Å². The van der Waals surface area contributed by atoms with Gasteiger partial charge in [-0.1, -0.05) is 20.8 Å². The summed E-state index contributed by atoms with van der Waals surface area (Å²) in [5, 5.41) is -0.145. The molecule has 1 heterocycles. The van der Waals surface area contributed by atoms with E-state index >= 15 is 0 Å². The number of rotatable bonds is 2. The third-order valence-corrected chi connectivity index (χ3v) is 7.10. The first-order valence-electron chi connectivity index (χ1n) is 6.10. The Bertz CT molecular complexity index is 435. The van der Waals surface area contributed by atoms with E-state index in [0.29, 0.717) is 6.16 Å². The zero-order valence-corrected chi connectivity index (χ0v) is 13.1. The summed E-state index contributed by atoms with van der Waals surface area (Å²) in [4.78, 5) is 3.23. The molecule has 0 aromatic carbocycles. The van der Waals surface area contributed by atoms with E-state index in [1.165, 1.54) is 0 Å². The predicted molar refractivity (Wildman–Crippen MR) is 73.0 cm³/mol. The van der Waals surface area contributed by atoms with Crippen LogP contribution in [-0.4, -0.2) is 16.8 Å². The van der Waals surface area contributed by atoms with Gasteiger partial charge >= 0.3 is 0 Å². The van der Waals surface area contributed by atoms with Crippen molar-refractivity contribution in [2.45, 2.75) is 58.4 Å². The number of aromatic amines is 1. The molecule has 0 unspecified atom stereocenters. The van der Waals surface area contributed by atoms with Crippen molar-refractivity contribution in [2.24, 2.45) is 0 Å². The molecule has 3 nitrogen and oxygen atoms in total. The normalized spacial score (nSPS) is 16.9. The fourth-order valence-electron chi connectivity index (χ4n) is 1.64. The SMILES string of the molecule is CC(C)(C)[n+]1cc[nH]c1C[P@](C)(=O)C(C)(C)C. The number of aromatic nitrogens is 2. The van der Waals surface area contributed by atoms with Gasteiger partial charge in [-0.05, 0) is 27.4 Å². The van der Waals surface area contributed by atoms with Crippen LogP contribution < -0.4 is 4.57 Å². The first-order chi connectivity index (χ1) is 7.45. The third-order valence-electron chi connectivity index (χ3n) is 3.36. The van der Waals surface area contributed by atoms with Gasteiger partial charge < -0.3 is 4.57 Å². The molecule has 0 spiro atoms. The maximum atomic E-state index is 12.7. The lowest BCUT2D eigenvalue weighted by molar-refractivity contribution is -0.758. The first-order valence-corrected chi connectivity index (χ1v) is 8.44. The zero-order chi connectivity index (χ0) is 13.5. The highest BCUT2D eigenvalue weighted by molar-refractivity contribution is 7.63. The molecule has 1 aromatic heterocycles. The summed E-state index contributed by atoms with van der Waals surface area (Å²) in [6.45, 7) is 14.5. The molecule has 0 saturated heterocycles. The van der Waals surface area contributed by atoms with Crippen molar-refractivity contribution < 1.29 is 9.13 Å². The molecule has 0 aliphatic rings. The smallest absolute Gasteiger partial charge is 0.262 e. The summed E-state index contributed by atoms with van der Waals surface area (Å²) in [6.07, 6.45) is 4.57. The lowest BCUT2D eigenvalue weighted by Crippen LogP contribution is -2.51. The van der Waals surface area contributed by atoms with Crippen LogP contribution in [0.5, 0.6) is 0 Å². The molecule has 0 radical (unpaired) electrons. The average molecular weight is 257 g/mol. The summed E-state index contributed by atoms with van der Waals surface area (Å²) in [5.74, 6) is 1.05. The molecular weight excluding hydrogens is 231 g/mol. The van der Waals surface area contributed by atoms with Gasteiger partial charge in [0.1, 0.15) is 31.2 Å². The van der Waals surface area contributed by atoms with Crippen LogP contribution >= 0.6 is 7.14 Å². The molecule has 1 atom stereocenters. The summed E-state index contributed by atoms with van der Waals surface area (Å²) in [7, 11) is -2.21. The van der Waals surface area contributed by atoms with Crippen LogP contribution in [0.2, 0.25) is 0 Å². The Kier molecular flexibility index (Phi) is 3.65. The van der Waals surface area contributed by atoms with Crippen molar-refractivity contribution in [1.29, 1.82) is 0 Å². The number of hydrogen-bond acceptors (Lipinski definition) is 1. The molecule has 1 aromatic rings. The van der Waals surface area contributed by atoms with Gasteiger partial charge in [-0.3, -0.25) is 0 Å². The second kappa shape index (κ2) is 4.28. The van der Waals surface area contributed by atoms with Crippen molar-refractivity contribution in [3.63, 3.8) is 0 Å². The number of imidazole rings is 1. The van der Waals surface area contributed by atoms with Gasteiger partial charge in [0.2, 0.25) is 0 Å². The van der Waals surface area contributed by atoms with E-state index in [9.17, 15) is 4.57 Å². The second-order valence-electron chi connectivity index (χ2n) is 6.88. The highest BCUT2D eigenvalue weighted by Gasteiger charge is 2.36. The predicted octanol–water partition coefficient (Wildman–Crippen LogP) is 3.35. The van der Waals surface area contributed by atoms with Gasteiger partial charge in [0.15, 0.2) is 0 Å². The number of H-pyrrole nitrogens is 1. The Morgan fingerprint density at radius 1 is 1.24 bits per heavy atom. The molecule has 17 heavy (non-hydrogen) atoms. The van der Waals surface area contributed by atoms with Gasteiger partial charge in [-0.15, -0.1) is 0 Å². The maximum absolute atomic E-state index is 12.7. The topological polar surface area (TPSA) is 36.7 Å². The van der Waals surface area contributed by atoms with Crippen LogP contribution in [-0.2, 0) is 16.3 Å². The van der Waals surface area contributed by atoms with Gasteiger partial charge in [0.25, 0.3) is 5.82 Å². The minimum atomic E-state index is -2.21. The van der Waals surface area contributed by atoms with Crippen molar-refractivity contribution in [2.75, 3.05) is 6.66 Å². The molecular formula is C13H26N2OP+. The minimum absolute atomic E-state index is 0.0210. The summed E-state index contributed by atoms with van der Waals surface area (Å²) >= 11 is 0. The molecule has 1 N–H and O–H groups in total. The van der Waals surface area contributed by atoms with Crippen LogP contribution in [0.25, 0.3) is 0 Å². The zero-order valence-electron chi connectivity index (χ0n) is 12.2. The highest BCUT2D eigenvalue weighted by Crippen LogP contribution is 2.56. The van der Waals surface area contributed by atoms with E-state index < -0.39 is 7.14 Å². The average Bonchev–Trinajstić information content (AvgIpc) is 2.47. The first kappa shape index (κ1) is 14.5. The maximum Gasteiger partial charge on any atom is 0.262 e. The van der Waals surface area contributed by atoms with Crippen molar-refractivity contribution in [3.8, 4) is 0 Å². The van der Waals surface area contributed by atoms with E-state index in [4.69, 9.17) is 0 Å². The quantitative estimate of drug-likeness (QED) is 0.640. The van der Waals surface area contributed by atoms with Crippen LogP contribution in [0.1, 0.15) is 47.4 Å². The summed E-state index contributed by atoms with van der Waals surface area (Å²) < 4.78 is 14.9. The number of nitrogens with one attached hydrogen (secondary N) is 1. The largest absolute Gasteiger partial charge is 0.323 e. The summed E-state index contributed by atoms with van der Waals surface area (Å²) in [5.41, 5.74) is 0.0210. The molecule has 0 bridgehead atoms. The lowest BCUT2D eigenvalue weighted by atomic mass is 10.1. The standard InChI is InChI=1S/C13H25N2OP/c1-12(2,3)15-9-8-14-11(15)10-17(7,16)13(4,5)6/h8-9H,10H2,1-7H3/p+1/t17-/m0/s1. The molecule has 0 fully saturated rings. The van der Waals surface area contributed by atoms with E-state index in [-0.39, 0.29) is 10.7 Å². The molecule has 0 aliphatic heterocycles. The van der Waals surface area contributed by atoms with E-state index in [2.05, 4.69) is 51.1 Å². The van der Waals surface area contributed by atoms with Crippen molar-refractivity contribution in [1.82, 2.24) is 4.98 Å². The van der Waals surface area contributed by atoms with Crippen LogP contribution in [0.15, 0.2) is 12.4 Å². The van der Waals surface area contributed by atoms with E-state index in [1.807, 2.05) is 19.1 Å². The van der Waals surface area contributed by atoms with Crippen LogP contribution in [0, 0.1) is 0 Å². The number of nitrogens with zero attached hydrogens (tertiary/aromatic N) is 1. The van der Waals surface area contributed by atoms with E-state index in [1.54, 1.807) is 0 Å². The molecule has 4 heteroatoms.